The molecular formula is C21H23N5O3. The van der Waals surface area contributed by atoms with Gasteiger partial charge in [0, 0.05) is 30.4 Å². The lowest BCUT2D eigenvalue weighted by Gasteiger charge is -2.12. The molecule has 29 heavy (non-hydrogen) atoms. The van der Waals surface area contributed by atoms with Crippen LogP contribution in [0.2, 0.25) is 0 Å². The summed E-state index contributed by atoms with van der Waals surface area (Å²) < 4.78 is 12.2. The average molecular weight is 393 g/mol. The summed E-state index contributed by atoms with van der Waals surface area (Å²) in [5.41, 5.74) is 4.53. The van der Waals surface area contributed by atoms with E-state index in [-0.39, 0.29) is 5.91 Å². The highest BCUT2D eigenvalue weighted by Crippen LogP contribution is 2.22. The SMILES string of the molecule is COc1cc(CNC(=O)CCc2c(C)nc3c(C#N)cnn3c2C)cc(OC)c1. The Morgan fingerprint density at radius 1 is 1.21 bits per heavy atom. The van der Waals surface area contributed by atoms with Gasteiger partial charge in [-0.2, -0.15) is 10.4 Å². The Balaban J connectivity index is 1.66. The second kappa shape index (κ2) is 8.61. The van der Waals surface area contributed by atoms with Crippen LogP contribution >= 0.6 is 0 Å². The number of aryl methyl sites for hydroxylation is 2. The third-order valence-corrected chi connectivity index (χ3v) is 4.83. The van der Waals surface area contributed by atoms with Crippen LogP contribution in [0.1, 0.15) is 34.5 Å². The molecule has 0 unspecified atom stereocenters. The van der Waals surface area contributed by atoms with Gasteiger partial charge in [0.25, 0.3) is 0 Å². The first-order valence-corrected chi connectivity index (χ1v) is 9.19. The number of aromatic nitrogens is 3. The van der Waals surface area contributed by atoms with Crippen LogP contribution in [0.3, 0.4) is 0 Å². The van der Waals surface area contributed by atoms with Crippen LogP contribution in [0.15, 0.2) is 24.4 Å². The lowest BCUT2D eigenvalue weighted by Crippen LogP contribution is -2.23. The molecule has 1 amide bonds. The van der Waals surface area contributed by atoms with Crippen molar-refractivity contribution in [2.45, 2.75) is 33.2 Å². The molecule has 0 saturated carbocycles. The van der Waals surface area contributed by atoms with E-state index in [2.05, 4.69) is 21.5 Å². The topological polar surface area (TPSA) is 102 Å². The van der Waals surface area contributed by atoms with E-state index >= 15 is 0 Å². The highest BCUT2D eigenvalue weighted by molar-refractivity contribution is 5.76. The largest absolute Gasteiger partial charge is 0.497 e. The zero-order valence-corrected chi connectivity index (χ0v) is 16.9. The number of hydrogen-bond acceptors (Lipinski definition) is 6. The van der Waals surface area contributed by atoms with Crippen molar-refractivity contribution < 1.29 is 14.3 Å². The average Bonchev–Trinajstić information content (AvgIpc) is 3.14. The lowest BCUT2D eigenvalue weighted by molar-refractivity contribution is -0.121. The number of fused-ring (bicyclic) bond motifs is 1. The number of methoxy groups -OCH3 is 2. The molecule has 0 fully saturated rings. The van der Waals surface area contributed by atoms with E-state index in [0.29, 0.717) is 42.1 Å². The van der Waals surface area contributed by atoms with Crippen molar-refractivity contribution in [2.75, 3.05) is 14.2 Å². The number of carbonyl (C=O) groups is 1. The molecule has 0 bridgehead atoms. The maximum Gasteiger partial charge on any atom is 0.220 e. The Kier molecular flexibility index (Phi) is 5.98. The first-order valence-electron chi connectivity index (χ1n) is 9.19. The number of benzene rings is 1. The van der Waals surface area contributed by atoms with Crippen LogP contribution in [0.25, 0.3) is 5.65 Å². The van der Waals surface area contributed by atoms with Crippen LogP contribution in [0.4, 0.5) is 0 Å². The van der Waals surface area contributed by atoms with Crippen LogP contribution < -0.4 is 14.8 Å². The first kappa shape index (κ1) is 20.1. The van der Waals surface area contributed by atoms with Crippen molar-refractivity contribution >= 4 is 11.6 Å². The molecule has 8 nitrogen and oxygen atoms in total. The molecule has 3 aromatic rings. The summed E-state index contributed by atoms with van der Waals surface area (Å²) in [5.74, 6) is 1.29. The Hall–Kier alpha value is -3.60. The van der Waals surface area contributed by atoms with Gasteiger partial charge in [0.15, 0.2) is 5.65 Å². The molecule has 2 heterocycles. The fourth-order valence-corrected chi connectivity index (χ4v) is 3.25. The Bertz CT molecular complexity index is 1080. The van der Waals surface area contributed by atoms with Gasteiger partial charge in [-0.05, 0) is 43.5 Å². The first-order chi connectivity index (χ1) is 14.0. The molecule has 0 aliphatic rings. The number of rotatable bonds is 7. The number of nitrogens with one attached hydrogen (secondary N) is 1. The Labute approximate surface area is 169 Å². The summed E-state index contributed by atoms with van der Waals surface area (Å²) in [6.45, 7) is 4.19. The molecule has 0 radical (unpaired) electrons. The normalized spacial score (nSPS) is 10.6. The molecule has 0 aliphatic heterocycles. The van der Waals surface area contributed by atoms with E-state index in [9.17, 15) is 4.79 Å². The fourth-order valence-electron chi connectivity index (χ4n) is 3.25. The Morgan fingerprint density at radius 3 is 2.52 bits per heavy atom. The Morgan fingerprint density at radius 2 is 1.90 bits per heavy atom. The van der Waals surface area contributed by atoms with Gasteiger partial charge in [0.2, 0.25) is 5.91 Å². The molecule has 1 aromatic carbocycles. The summed E-state index contributed by atoms with van der Waals surface area (Å²) in [6.07, 6.45) is 2.37. The van der Waals surface area contributed by atoms with Crippen molar-refractivity contribution in [1.82, 2.24) is 19.9 Å². The molecular weight excluding hydrogens is 370 g/mol. The highest BCUT2D eigenvalue weighted by Gasteiger charge is 2.15. The number of amides is 1. The summed E-state index contributed by atoms with van der Waals surface area (Å²) >= 11 is 0. The van der Waals surface area contributed by atoms with Crippen molar-refractivity contribution in [3.05, 3.63) is 52.5 Å². The summed E-state index contributed by atoms with van der Waals surface area (Å²) in [5, 5.41) is 16.3. The molecule has 0 aliphatic carbocycles. The minimum Gasteiger partial charge on any atom is -0.497 e. The van der Waals surface area contributed by atoms with E-state index in [1.54, 1.807) is 24.8 Å². The highest BCUT2D eigenvalue weighted by atomic mass is 16.5. The van der Waals surface area contributed by atoms with Gasteiger partial charge >= 0.3 is 0 Å². The van der Waals surface area contributed by atoms with Crippen LogP contribution in [0.5, 0.6) is 11.5 Å². The molecule has 1 N–H and O–H groups in total. The smallest absolute Gasteiger partial charge is 0.220 e. The van der Waals surface area contributed by atoms with E-state index in [1.165, 1.54) is 6.20 Å². The fraction of sp³-hybridized carbons (Fsp3) is 0.333. The van der Waals surface area contributed by atoms with E-state index in [1.807, 2.05) is 26.0 Å². The predicted octanol–water partition coefficient (Wildman–Crippen LogP) is 2.48. The predicted molar refractivity (Wildman–Crippen MR) is 107 cm³/mol. The summed E-state index contributed by atoms with van der Waals surface area (Å²) in [6, 6.07) is 7.60. The van der Waals surface area contributed by atoms with Crippen molar-refractivity contribution in [2.24, 2.45) is 0 Å². The monoisotopic (exact) mass is 393 g/mol. The van der Waals surface area contributed by atoms with Gasteiger partial charge in [0.05, 0.1) is 20.4 Å². The van der Waals surface area contributed by atoms with E-state index in [0.717, 1.165) is 22.5 Å². The third kappa shape index (κ3) is 4.29. The third-order valence-electron chi connectivity index (χ3n) is 4.83. The van der Waals surface area contributed by atoms with Crippen molar-refractivity contribution in [1.29, 1.82) is 5.26 Å². The second-order valence-corrected chi connectivity index (χ2v) is 6.66. The van der Waals surface area contributed by atoms with Crippen LogP contribution in [-0.2, 0) is 17.8 Å². The van der Waals surface area contributed by atoms with Crippen molar-refractivity contribution in [3.8, 4) is 17.6 Å². The van der Waals surface area contributed by atoms with Gasteiger partial charge in [-0.1, -0.05) is 0 Å². The zero-order valence-electron chi connectivity index (χ0n) is 16.9. The molecule has 0 saturated heterocycles. The molecule has 8 heteroatoms. The molecule has 2 aromatic heterocycles. The lowest BCUT2D eigenvalue weighted by atomic mass is 10.1. The second-order valence-electron chi connectivity index (χ2n) is 6.66. The number of nitriles is 1. The maximum absolute atomic E-state index is 12.4. The minimum absolute atomic E-state index is 0.0659. The zero-order chi connectivity index (χ0) is 21.0. The number of nitrogens with zero attached hydrogens (tertiary/aromatic N) is 4. The quantitative estimate of drug-likeness (QED) is 0.662. The number of hydrogen-bond donors (Lipinski definition) is 1. The van der Waals surface area contributed by atoms with Gasteiger partial charge in [-0.3, -0.25) is 4.79 Å². The van der Waals surface area contributed by atoms with Gasteiger partial charge in [-0.15, -0.1) is 0 Å². The van der Waals surface area contributed by atoms with Crippen molar-refractivity contribution in [3.63, 3.8) is 0 Å². The van der Waals surface area contributed by atoms with Gasteiger partial charge < -0.3 is 14.8 Å². The maximum atomic E-state index is 12.4. The van der Waals surface area contributed by atoms with E-state index < -0.39 is 0 Å². The molecule has 150 valence electrons. The van der Waals surface area contributed by atoms with Crippen LogP contribution in [0, 0.1) is 25.2 Å². The van der Waals surface area contributed by atoms with Gasteiger partial charge in [0.1, 0.15) is 23.1 Å². The molecule has 0 atom stereocenters. The molecule has 3 rings (SSSR count). The summed E-state index contributed by atoms with van der Waals surface area (Å²) in [4.78, 5) is 16.9. The number of carbonyl (C=O) groups excluding carboxylic acids is 1. The standard InChI is InChI=1S/C21H23N5O3/c1-13-19(14(2)26-21(25-13)16(10-22)12-24-26)5-6-20(27)23-11-15-7-17(28-3)9-18(8-15)29-4/h7-9,12H,5-6,11H2,1-4H3,(H,23,27). The van der Waals surface area contributed by atoms with Gasteiger partial charge in [-0.25, -0.2) is 9.50 Å². The van der Waals surface area contributed by atoms with Crippen LogP contribution in [-0.4, -0.2) is 34.7 Å². The number of ether oxygens (including phenoxy) is 2. The van der Waals surface area contributed by atoms with E-state index in [4.69, 9.17) is 14.7 Å². The minimum atomic E-state index is -0.0659. The summed E-state index contributed by atoms with van der Waals surface area (Å²) in [7, 11) is 3.18. The molecule has 0 spiro atoms.